The van der Waals surface area contributed by atoms with Gasteiger partial charge in [0.05, 0.1) is 12.7 Å². The third-order valence-electron chi connectivity index (χ3n) is 8.01. The van der Waals surface area contributed by atoms with Gasteiger partial charge in [-0.1, -0.05) is 61.9 Å². The molecule has 1 atom stereocenters. The zero-order chi connectivity index (χ0) is 27.8. The summed E-state index contributed by atoms with van der Waals surface area (Å²) >= 11 is 0. The summed E-state index contributed by atoms with van der Waals surface area (Å²) in [7, 11) is 0. The highest BCUT2D eigenvalue weighted by molar-refractivity contribution is 5.64. The minimum Gasteiger partial charge on any atom is -0.490 e. The molecule has 1 N–H and O–H groups in total. The highest BCUT2D eigenvalue weighted by Crippen LogP contribution is 2.39. The topological polar surface area (TPSA) is 29.5 Å². The van der Waals surface area contributed by atoms with Crippen LogP contribution in [0.4, 0.5) is 13.2 Å². The molecule has 3 aromatic rings. The Kier molecular flexibility index (Phi) is 10.3. The molecule has 0 saturated heterocycles. The molecule has 1 saturated carbocycles. The molecule has 0 amide bonds. The molecule has 0 spiro atoms. The monoisotopic (exact) mass is 536 g/mol. The predicted molar refractivity (Wildman–Crippen MR) is 152 cm³/mol. The maximum absolute atomic E-state index is 15.1. The zero-order valence-corrected chi connectivity index (χ0v) is 22.8. The third-order valence-corrected chi connectivity index (χ3v) is 8.01. The summed E-state index contributed by atoms with van der Waals surface area (Å²) in [6, 6.07) is 16.1. The van der Waals surface area contributed by atoms with Crippen LogP contribution in [0.2, 0.25) is 0 Å². The van der Waals surface area contributed by atoms with Crippen molar-refractivity contribution in [3.05, 3.63) is 101 Å². The Hall–Kier alpha value is -3.05. The molecule has 0 bridgehead atoms. The molecular weight excluding hydrogens is 497 g/mol. The second-order valence-electron chi connectivity index (χ2n) is 10.7. The average molecular weight is 537 g/mol. The van der Waals surface area contributed by atoms with E-state index < -0.39 is 17.5 Å². The van der Waals surface area contributed by atoms with E-state index in [1.807, 2.05) is 30.3 Å². The van der Waals surface area contributed by atoms with E-state index >= 15 is 8.78 Å². The molecule has 0 radical (unpaired) electrons. The van der Waals surface area contributed by atoms with Gasteiger partial charge in [-0.2, -0.15) is 0 Å². The molecule has 1 unspecified atom stereocenters. The highest BCUT2D eigenvalue weighted by Gasteiger charge is 2.29. The Morgan fingerprint density at radius 2 is 1.64 bits per heavy atom. The van der Waals surface area contributed by atoms with Crippen molar-refractivity contribution >= 4 is 0 Å². The van der Waals surface area contributed by atoms with Crippen LogP contribution in [0.5, 0.6) is 5.75 Å². The summed E-state index contributed by atoms with van der Waals surface area (Å²) in [6.07, 6.45) is 8.06. The maximum Gasteiger partial charge on any atom is 0.165 e. The lowest BCUT2D eigenvalue weighted by Crippen LogP contribution is -2.25. The summed E-state index contributed by atoms with van der Waals surface area (Å²) in [4.78, 5) is 0. The number of hydrogen-bond donors (Lipinski definition) is 1. The second kappa shape index (κ2) is 13.8. The Balaban J connectivity index is 1.34. The van der Waals surface area contributed by atoms with E-state index in [1.165, 1.54) is 6.07 Å². The highest BCUT2D eigenvalue weighted by atomic mass is 19.2. The number of hydrogen-bond acceptors (Lipinski definition) is 2. The number of aliphatic hydroxyl groups is 1. The SMILES string of the molecule is C=CCCOc1ccc(-c2ccc(CCc3ccc(C4CCC(C(O)CCC)CC4)c(F)c3F)cc2)cc1F. The minimum absolute atomic E-state index is 0.00350. The first-order chi connectivity index (χ1) is 18.9. The van der Waals surface area contributed by atoms with Crippen molar-refractivity contribution in [3.8, 4) is 16.9 Å². The molecule has 0 heterocycles. The van der Waals surface area contributed by atoms with E-state index in [9.17, 15) is 9.50 Å². The smallest absolute Gasteiger partial charge is 0.165 e. The van der Waals surface area contributed by atoms with Crippen molar-refractivity contribution in [2.75, 3.05) is 6.61 Å². The molecule has 4 rings (SSSR count). The van der Waals surface area contributed by atoms with E-state index in [-0.39, 0.29) is 23.7 Å². The van der Waals surface area contributed by atoms with Gasteiger partial charge < -0.3 is 9.84 Å². The van der Waals surface area contributed by atoms with Crippen LogP contribution in [0, 0.1) is 23.4 Å². The second-order valence-corrected chi connectivity index (χ2v) is 10.7. The zero-order valence-electron chi connectivity index (χ0n) is 22.8. The van der Waals surface area contributed by atoms with Gasteiger partial charge in [-0.15, -0.1) is 6.58 Å². The van der Waals surface area contributed by atoms with Crippen LogP contribution in [0.3, 0.4) is 0 Å². The van der Waals surface area contributed by atoms with Crippen molar-refractivity contribution in [3.63, 3.8) is 0 Å². The van der Waals surface area contributed by atoms with Gasteiger partial charge in [0.15, 0.2) is 23.2 Å². The lowest BCUT2D eigenvalue weighted by atomic mass is 9.75. The van der Waals surface area contributed by atoms with Crippen molar-refractivity contribution < 1.29 is 23.0 Å². The maximum atomic E-state index is 15.1. The fourth-order valence-corrected chi connectivity index (χ4v) is 5.65. The number of aryl methyl sites for hydroxylation is 2. The fourth-order valence-electron chi connectivity index (χ4n) is 5.65. The molecule has 1 aliphatic carbocycles. The number of aliphatic hydroxyl groups excluding tert-OH is 1. The van der Waals surface area contributed by atoms with Crippen LogP contribution in [0.25, 0.3) is 11.1 Å². The van der Waals surface area contributed by atoms with Gasteiger partial charge >= 0.3 is 0 Å². The first-order valence-electron chi connectivity index (χ1n) is 14.2. The van der Waals surface area contributed by atoms with Crippen LogP contribution in [-0.2, 0) is 12.8 Å². The molecule has 39 heavy (non-hydrogen) atoms. The number of ether oxygens (including phenoxy) is 1. The van der Waals surface area contributed by atoms with Gasteiger partial charge in [-0.25, -0.2) is 13.2 Å². The van der Waals surface area contributed by atoms with Gasteiger partial charge in [0.2, 0.25) is 0 Å². The summed E-state index contributed by atoms with van der Waals surface area (Å²) in [5.74, 6) is -1.40. The predicted octanol–water partition coefficient (Wildman–Crippen LogP) is 8.95. The lowest BCUT2D eigenvalue weighted by molar-refractivity contribution is 0.0727. The summed E-state index contributed by atoms with van der Waals surface area (Å²) in [6.45, 7) is 6.08. The molecule has 0 aromatic heterocycles. The van der Waals surface area contributed by atoms with Crippen LogP contribution in [-0.4, -0.2) is 17.8 Å². The number of benzene rings is 3. The van der Waals surface area contributed by atoms with Crippen LogP contribution in [0.1, 0.15) is 74.5 Å². The standard InChI is InChI=1S/C34H39F3O2/c1-3-5-21-39-32-20-18-28(22-30(32)35)24-10-7-23(8-11-24)9-12-27-17-19-29(34(37)33(27)36)25-13-15-26(16-14-25)31(38)6-4-2/h3,7-8,10-11,17-20,22,25-26,31,38H,1,4-6,9,12-16,21H2,2H3. The van der Waals surface area contributed by atoms with Crippen molar-refractivity contribution in [2.45, 2.75) is 76.7 Å². The minimum atomic E-state index is -0.747. The van der Waals surface area contributed by atoms with E-state index in [4.69, 9.17) is 4.74 Å². The Bertz CT molecular complexity index is 1230. The normalized spacial score (nSPS) is 18.1. The quantitative estimate of drug-likeness (QED) is 0.185. The summed E-state index contributed by atoms with van der Waals surface area (Å²) in [5, 5.41) is 10.3. The molecule has 0 aliphatic heterocycles. The van der Waals surface area contributed by atoms with Gasteiger partial charge in [0, 0.05) is 0 Å². The molecule has 208 valence electrons. The molecule has 5 heteroatoms. The first-order valence-corrected chi connectivity index (χ1v) is 14.2. The van der Waals surface area contributed by atoms with Crippen molar-refractivity contribution in [1.82, 2.24) is 0 Å². The number of rotatable bonds is 12. The molecular formula is C34H39F3O2. The van der Waals surface area contributed by atoms with Crippen molar-refractivity contribution in [1.29, 1.82) is 0 Å². The van der Waals surface area contributed by atoms with E-state index in [0.717, 1.165) is 55.2 Å². The summed E-state index contributed by atoms with van der Waals surface area (Å²) < 4.78 is 49.9. The number of halogens is 3. The van der Waals surface area contributed by atoms with Crippen molar-refractivity contribution in [2.24, 2.45) is 5.92 Å². The van der Waals surface area contributed by atoms with Gasteiger partial charge in [-0.05, 0) is 103 Å². The molecule has 1 fully saturated rings. The Morgan fingerprint density at radius 1 is 0.923 bits per heavy atom. The largest absolute Gasteiger partial charge is 0.490 e. The van der Waals surface area contributed by atoms with E-state index in [0.29, 0.717) is 37.0 Å². The first kappa shape index (κ1) is 28.9. The third kappa shape index (κ3) is 7.33. The average Bonchev–Trinajstić information content (AvgIpc) is 2.95. The van der Waals surface area contributed by atoms with Gasteiger partial charge in [0.1, 0.15) is 0 Å². The lowest BCUT2D eigenvalue weighted by Gasteiger charge is -2.32. The van der Waals surface area contributed by atoms with Crippen LogP contribution in [0.15, 0.2) is 67.3 Å². The molecule has 1 aliphatic rings. The molecule has 2 nitrogen and oxygen atoms in total. The summed E-state index contributed by atoms with van der Waals surface area (Å²) in [5.41, 5.74) is 3.45. The van der Waals surface area contributed by atoms with Gasteiger partial charge in [0.25, 0.3) is 0 Å². The molecule has 3 aromatic carbocycles. The van der Waals surface area contributed by atoms with E-state index in [2.05, 4.69) is 13.5 Å². The Labute approximate surface area is 230 Å². The van der Waals surface area contributed by atoms with Crippen LogP contribution < -0.4 is 4.74 Å². The fraction of sp³-hybridized carbons (Fsp3) is 0.412. The Morgan fingerprint density at radius 3 is 2.31 bits per heavy atom. The van der Waals surface area contributed by atoms with E-state index in [1.54, 1.807) is 24.3 Å². The van der Waals surface area contributed by atoms with Crippen LogP contribution >= 0.6 is 0 Å². The van der Waals surface area contributed by atoms with Gasteiger partial charge in [-0.3, -0.25) is 0 Å².